The summed E-state index contributed by atoms with van der Waals surface area (Å²) in [5.41, 5.74) is -3.85. The van der Waals surface area contributed by atoms with Crippen molar-refractivity contribution in [2.75, 3.05) is 49.5 Å². The largest absolute Gasteiger partial charge is 1.00 e. The summed E-state index contributed by atoms with van der Waals surface area (Å²) in [5.74, 6) is 0. The first-order valence-electron chi connectivity index (χ1n) is 22.9. The zero-order valence-corrected chi connectivity index (χ0v) is 59.1. The second-order valence-electron chi connectivity index (χ2n) is 21.7. The minimum Gasteiger partial charge on any atom is -0.779 e. The molecular formula is C45H108Cl3IKNO15P4. The van der Waals surface area contributed by atoms with Crippen LogP contribution in [-0.2, 0) is 49.9 Å². The van der Waals surface area contributed by atoms with Gasteiger partial charge in [0.25, 0.3) is 7.82 Å². The molecule has 0 aliphatic carbocycles. The average Bonchev–Trinajstić information content (AvgIpc) is 2.98. The van der Waals surface area contributed by atoms with Gasteiger partial charge in [-0.25, -0.2) is 4.57 Å². The van der Waals surface area contributed by atoms with Crippen LogP contribution < -0.4 is 61.2 Å². The molecule has 0 saturated carbocycles. The van der Waals surface area contributed by atoms with Gasteiger partial charge in [-0.2, -0.15) is 0 Å². The maximum absolute atomic E-state index is 12.1. The zero-order chi connectivity index (χ0) is 54.3. The number of phosphoric acid groups is 2. The summed E-state index contributed by atoms with van der Waals surface area (Å²) in [6.07, 6.45) is 11.1. The molecule has 0 rings (SSSR count). The van der Waals surface area contributed by atoms with Crippen LogP contribution in [0.25, 0.3) is 0 Å². The Morgan fingerprint density at radius 2 is 0.729 bits per heavy atom. The maximum Gasteiger partial charge on any atom is 1.00 e. The average molecular weight is 1300 g/mol. The van der Waals surface area contributed by atoms with E-state index in [0.717, 1.165) is 6.66 Å². The van der Waals surface area contributed by atoms with Crippen molar-refractivity contribution in [2.45, 2.75) is 245 Å². The summed E-state index contributed by atoms with van der Waals surface area (Å²) in [4.78, 5) is 30.4. The second kappa shape index (κ2) is 45.4. The number of quaternary nitrogens is 1. The molecule has 0 radical (unpaired) electrons. The van der Waals surface area contributed by atoms with Crippen molar-refractivity contribution in [3.63, 3.8) is 0 Å². The van der Waals surface area contributed by atoms with Gasteiger partial charge >= 0.3 is 66.8 Å². The Kier molecular flexibility index (Phi) is 62.3. The van der Waals surface area contributed by atoms with E-state index in [2.05, 4.69) is 54.8 Å². The number of alkyl halides is 3. The van der Waals surface area contributed by atoms with E-state index in [9.17, 15) is 28.0 Å². The number of halogens is 4. The standard InChI is InChI=1S/C16H36N.C9H20ClO4P.C8H19O4P.2C5H13O3P.CH2ClI.CH4.ClH.K.H2O/c1-5-9-13-17(14-10-6-2,15-11-7-3)16-12-8-4;1-8(2,3)13-15(11,12-7-10)14-9(4,5)6;1-7(2,3)11-13(9,10)12-8(4,5)6;2*1-5(2,3)8-9(4,6)7;2-1-3;;;;/h5-16H2,1-4H3;7H2,1-6H3;1-6H3,(H,9,10);2*1-4H3,(H,6,7);1H2;1H4;1H;;1H2/q+1;;;;;;;;+1;/p-2. The fraction of sp³-hybridized carbons (Fsp3) is 1.00. The van der Waals surface area contributed by atoms with Gasteiger partial charge in [0, 0.05) is 13.3 Å². The molecule has 0 heterocycles. The molecule has 0 saturated heterocycles. The molecule has 70 heavy (non-hydrogen) atoms. The Balaban J connectivity index is -0.0000000794. The maximum atomic E-state index is 12.1. The van der Waals surface area contributed by atoms with Gasteiger partial charge in [-0.15, -0.1) is 24.0 Å². The normalized spacial score (nSPS) is 13.9. The monoisotopic (exact) mass is 1300 g/mol. The van der Waals surface area contributed by atoms with Crippen molar-refractivity contribution in [3.05, 3.63) is 0 Å². The summed E-state index contributed by atoms with van der Waals surface area (Å²) in [7, 11) is -14.6. The van der Waals surface area contributed by atoms with Crippen LogP contribution in [0, 0.1) is 0 Å². The molecule has 3 N–H and O–H groups in total. The van der Waals surface area contributed by atoms with Crippen LogP contribution in [0.4, 0.5) is 0 Å². The fourth-order valence-electron chi connectivity index (χ4n) is 5.14. The molecule has 0 bridgehead atoms. The Morgan fingerprint density at radius 3 is 0.843 bits per heavy atom. The summed E-state index contributed by atoms with van der Waals surface area (Å²) in [5, 5.41) is 0. The molecule has 0 aromatic rings. The number of rotatable bonds is 20. The molecule has 432 valence electrons. The smallest absolute Gasteiger partial charge is 0.779 e. The van der Waals surface area contributed by atoms with Crippen LogP contribution in [0.3, 0.4) is 0 Å². The van der Waals surface area contributed by atoms with E-state index in [1.165, 1.54) is 88.7 Å². The van der Waals surface area contributed by atoms with Crippen LogP contribution in [-0.4, -0.2) is 97.9 Å². The van der Waals surface area contributed by atoms with Gasteiger partial charge in [-0.05, 0) is 150 Å². The number of phosphoric ester groups is 2. The third-order valence-electron chi connectivity index (χ3n) is 6.58. The Bertz CT molecular complexity index is 1280. The summed E-state index contributed by atoms with van der Waals surface area (Å²) < 4.78 is 80.8. The molecule has 16 nitrogen and oxygen atoms in total. The second-order valence-corrected chi connectivity index (χ2v) is 30.1. The molecular weight excluding hydrogens is 1190 g/mol. The minimum atomic E-state index is -4.19. The number of unbranched alkanes of at least 4 members (excludes halogenated alkanes) is 4. The van der Waals surface area contributed by atoms with Crippen LogP contribution in [0.1, 0.15) is 211 Å². The van der Waals surface area contributed by atoms with Gasteiger partial charge in [0.15, 0.2) is 0 Å². The van der Waals surface area contributed by atoms with E-state index >= 15 is 0 Å². The van der Waals surface area contributed by atoms with E-state index < -0.39 is 64.4 Å². The third kappa shape index (κ3) is 88.3. The van der Waals surface area contributed by atoms with Crippen LogP contribution >= 0.6 is 89.0 Å². The topological polar surface area (TPSA) is 231 Å². The van der Waals surface area contributed by atoms with Crippen LogP contribution in [0.15, 0.2) is 0 Å². The molecule has 0 aromatic carbocycles. The van der Waals surface area contributed by atoms with Gasteiger partial charge in [-0.1, -0.05) is 95.0 Å². The summed E-state index contributed by atoms with van der Waals surface area (Å²) in [6, 6.07) is -0.233. The fourth-order valence-corrected chi connectivity index (χ4v) is 10.5. The van der Waals surface area contributed by atoms with Crippen molar-refractivity contribution in [1.82, 2.24) is 0 Å². The number of hydrogen-bond donors (Lipinski definition) is 1. The molecule has 2 unspecified atom stereocenters. The van der Waals surface area contributed by atoms with Gasteiger partial charge < -0.3 is 47.3 Å². The molecule has 0 aliphatic heterocycles. The molecule has 25 heteroatoms. The van der Waals surface area contributed by atoms with E-state index in [1.54, 1.807) is 125 Å². The van der Waals surface area contributed by atoms with E-state index in [-0.39, 0.29) is 82.8 Å². The zero-order valence-electron chi connectivity index (χ0n) is 47.9. The first-order valence-corrected chi connectivity index (χ1v) is 32.4. The van der Waals surface area contributed by atoms with Gasteiger partial charge in [0.1, 0.15) is 13.7 Å². The van der Waals surface area contributed by atoms with E-state index in [4.69, 9.17) is 55.2 Å². The Hall–Kier alpha value is 3.68. The quantitative estimate of drug-likeness (QED) is 0.0393. The van der Waals surface area contributed by atoms with Gasteiger partial charge in [0.2, 0.25) is 0 Å². The first-order chi connectivity index (χ1) is 29.0. The van der Waals surface area contributed by atoms with Crippen molar-refractivity contribution in [3.8, 4) is 0 Å². The first kappa shape index (κ1) is 96.0. The van der Waals surface area contributed by atoms with Crippen molar-refractivity contribution < 1.29 is 126 Å². The molecule has 0 amide bonds. The van der Waals surface area contributed by atoms with Crippen molar-refractivity contribution in [1.29, 1.82) is 0 Å². The number of hydrogen-bond acceptors (Lipinski definition) is 13. The van der Waals surface area contributed by atoms with E-state index in [0.29, 0.717) is 3.89 Å². The molecule has 0 aliphatic rings. The Morgan fingerprint density at radius 1 is 0.514 bits per heavy atom. The number of nitrogens with zero attached hydrogens (tertiary/aromatic N) is 1. The molecule has 0 aromatic heterocycles. The SMILES string of the molecule is C.CC(C)(C)OP(=O)(OCCl)OC(C)(C)C.CC(C)(C)OP(=O)([O-])OC(C)(C)C.CC(C)(C)OP(C)(=O)O.CC(C)(C)OP(C)(=O)[O-].CCCC[N+](CCCC)(CCCC)CCCC.Cl.ClCI.O.[K+]. The Labute approximate surface area is 503 Å². The molecule has 0 fully saturated rings. The summed E-state index contributed by atoms with van der Waals surface area (Å²) in [6.45, 7) is 48.1. The van der Waals surface area contributed by atoms with Crippen LogP contribution in [0.5, 0.6) is 0 Å². The summed E-state index contributed by atoms with van der Waals surface area (Å²) >= 11 is 12.4. The van der Waals surface area contributed by atoms with Crippen LogP contribution in [0.2, 0.25) is 0 Å². The van der Waals surface area contributed by atoms with Crippen molar-refractivity contribution in [2.24, 2.45) is 0 Å². The predicted octanol–water partition coefficient (Wildman–Crippen LogP) is 12.5. The van der Waals surface area contributed by atoms with Gasteiger partial charge in [-0.3, -0.25) is 22.7 Å². The molecule has 2 atom stereocenters. The van der Waals surface area contributed by atoms with Gasteiger partial charge in [0.05, 0.1) is 63.7 Å². The van der Waals surface area contributed by atoms with E-state index in [1.807, 2.05) is 0 Å². The predicted molar refractivity (Wildman–Crippen MR) is 303 cm³/mol. The minimum absolute atomic E-state index is 0. The molecule has 0 spiro atoms. The van der Waals surface area contributed by atoms with Crippen molar-refractivity contribution >= 4 is 89.0 Å². The third-order valence-corrected chi connectivity index (χ3v) is 12.1.